The Morgan fingerprint density at radius 3 is 1.43 bits per heavy atom. The lowest BCUT2D eigenvalue weighted by molar-refractivity contribution is -0.231. The molecule has 300 valence electrons. The Kier molecular flexibility index (Phi) is 29.4. The number of carboxylic acid groups (broad SMARTS) is 1. The summed E-state index contributed by atoms with van der Waals surface area (Å²) in [6.07, 6.45) is 25.1. The highest BCUT2D eigenvalue weighted by atomic mass is 16.5. The molecular weight excluding hydrogens is 648 g/mol. The van der Waals surface area contributed by atoms with Gasteiger partial charge in [0.1, 0.15) is 24.4 Å². The molecule has 0 aromatic heterocycles. The number of rotatable bonds is 34. The number of hydrogen-bond donors (Lipinski definition) is 5. The summed E-state index contributed by atoms with van der Waals surface area (Å²) in [6.45, 7) is 4.31. The summed E-state index contributed by atoms with van der Waals surface area (Å²) in [7, 11) is 0. The molecule has 1 aliphatic rings. The Balaban J connectivity index is 2.68. The predicted octanol–water partition coefficient (Wildman–Crippen LogP) is 8.18. The molecule has 10 nitrogen and oxygen atoms in total. The van der Waals surface area contributed by atoms with Crippen molar-refractivity contribution in [3.05, 3.63) is 0 Å². The molecule has 5 N–H and O–H groups in total. The SMILES string of the molecule is CCCCCCCCCCCCCCCCCC(=O)N(CCCCCCCCCCCC)[C@@H]1O[C@H](CO)[C@@H](O)[C@H](O)[C@H]1NC(=O)CCCC(=O)O. The van der Waals surface area contributed by atoms with Gasteiger partial charge in [0.2, 0.25) is 11.8 Å². The van der Waals surface area contributed by atoms with Gasteiger partial charge in [0, 0.05) is 25.8 Å². The van der Waals surface area contributed by atoms with Gasteiger partial charge in [-0.1, -0.05) is 162 Å². The standard InChI is InChI=1S/C41H78N2O8/c1-3-5-7-9-11-13-15-16-17-18-19-20-22-24-26-30-36(46)43(32-27-25-23-21-14-12-10-8-6-4-2)41-38(40(50)39(49)34(33-44)51-41)42-35(45)29-28-31-37(47)48/h34,38-41,44,49-50H,3-33H2,1-2H3,(H,42,45)(H,47,48)/t34-,38-,39-,40-,41-/m1/s1. The predicted molar refractivity (Wildman–Crippen MR) is 204 cm³/mol. The number of carbonyl (C=O) groups is 3. The highest BCUT2D eigenvalue weighted by molar-refractivity contribution is 5.78. The first-order chi connectivity index (χ1) is 24.8. The zero-order valence-corrected chi connectivity index (χ0v) is 32.7. The van der Waals surface area contributed by atoms with E-state index in [1.54, 1.807) is 4.90 Å². The van der Waals surface area contributed by atoms with E-state index in [-0.39, 0.29) is 25.2 Å². The number of carboxylic acids is 1. The number of nitrogens with zero attached hydrogens (tertiary/aromatic N) is 1. The van der Waals surface area contributed by atoms with Gasteiger partial charge in [0.25, 0.3) is 0 Å². The maximum atomic E-state index is 13.8. The molecule has 51 heavy (non-hydrogen) atoms. The minimum atomic E-state index is -1.47. The van der Waals surface area contributed by atoms with Crippen molar-refractivity contribution in [3.63, 3.8) is 0 Å². The lowest BCUT2D eigenvalue weighted by atomic mass is 9.94. The smallest absolute Gasteiger partial charge is 0.303 e. The molecule has 0 unspecified atom stereocenters. The van der Waals surface area contributed by atoms with Gasteiger partial charge in [0.05, 0.1) is 6.61 Å². The van der Waals surface area contributed by atoms with Crippen LogP contribution >= 0.6 is 0 Å². The van der Waals surface area contributed by atoms with Crippen LogP contribution in [0.3, 0.4) is 0 Å². The van der Waals surface area contributed by atoms with Crippen LogP contribution in [0.1, 0.15) is 200 Å². The zero-order valence-electron chi connectivity index (χ0n) is 32.7. The fourth-order valence-electron chi connectivity index (χ4n) is 7.13. The van der Waals surface area contributed by atoms with Crippen LogP contribution in [0.25, 0.3) is 0 Å². The average molecular weight is 727 g/mol. The number of hydrogen-bond acceptors (Lipinski definition) is 7. The molecular formula is C41H78N2O8. The van der Waals surface area contributed by atoms with Crippen LogP contribution in [-0.4, -0.2) is 86.8 Å². The first-order valence-electron chi connectivity index (χ1n) is 21.2. The number of ether oxygens (including phenoxy) is 1. The van der Waals surface area contributed by atoms with Crippen molar-refractivity contribution in [2.24, 2.45) is 0 Å². The molecule has 0 saturated carbocycles. The molecule has 1 rings (SSSR count). The third-order valence-corrected chi connectivity index (χ3v) is 10.4. The summed E-state index contributed by atoms with van der Waals surface area (Å²) in [6, 6.07) is -1.12. The van der Waals surface area contributed by atoms with Crippen LogP contribution in [0.2, 0.25) is 0 Å². The van der Waals surface area contributed by atoms with Crippen molar-refractivity contribution in [3.8, 4) is 0 Å². The molecule has 0 radical (unpaired) electrons. The zero-order chi connectivity index (χ0) is 37.5. The highest BCUT2D eigenvalue weighted by Crippen LogP contribution is 2.26. The number of aliphatic carboxylic acids is 1. The quantitative estimate of drug-likeness (QED) is 0.0416. The van der Waals surface area contributed by atoms with Gasteiger partial charge in [-0.15, -0.1) is 0 Å². The summed E-state index contributed by atoms with van der Waals surface area (Å²) in [5.41, 5.74) is 0. The van der Waals surface area contributed by atoms with Gasteiger partial charge in [0.15, 0.2) is 6.23 Å². The van der Waals surface area contributed by atoms with E-state index in [0.29, 0.717) is 13.0 Å². The number of nitrogens with one attached hydrogen (secondary N) is 1. The second kappa shape index (κ2) is 31.7. The van der Waals surface area contributed by atoms with Crippen molar-refractivity contribution < 1.29 is 39.5 Å². The van der Waals surface area contributed by atoms with Crippen LogP contribution in [0.15, 0.2) is 0 Å². The van der Waals surface area contributed by atoms with Gasteiger partial charge < -0.3 is 35.4 Å². The van der Waals surface area contributed by atoms with Crippen LogP contribution in [0.5, 0.6) is 0 Å². The van der Waals surface area contributed by atoms with Gasteiger partial charge in [-0.2, -0.15) is 0 Å². The van der Waals surface area contributed by atoms with Crippen LogP contribution in [-0.2, 0) is 19.1 Å². The molecule has 1 saturated heterocycles. The van der Waals surface area contributed by atoms with E-state index >= 15 is 0 Å². The van der Waals surface area contributed by atoms with Crippen molar-refractivity contribution in [1.29, 1.82) is 0 Å². The lowest BCUT2D eigenvalue weighted by Crippen LogP contribution is -2.68. The molecule has 0 aromatic rings. The molecule has 0 aliphatic carbocycles. The van der Waals surface area contributed by atoms with Crippen LogP contribution < -0.4 is 5.32 Å². The van der Waals surface area contributed by atoms with Gasteiger partial charge in [-0.3, -0.25) is 14.4 Å². The maximum Gasteiger partial charge on any atom is 0.303 e. The summed E-state index contributed by atoms with van der Waals surface area (Å²) in [5, 5.41) is 43.3. The average Bonchev–Trinajstić information content (AvgIpc) is 3.11. The number of carbonyl (C=O) groups excluding carboxylic acids is 2. The molecule has 1 heterocycles. The Morgan fingerprint density at radius 2 is 1.00 bits per heavy atom. The number of unbranched alkanes of at least 4 members (excludes halogenated alkanes) is 23. The van der Waals surface area contributed by atoms with Gasteiger partial charge in [-0.25, -0.2) is 0 Å². The van der Waals surface area contributed by atoms with E-state index in [1.165, 1.54) is 109 Å². The number of aliphatic hydroxyl groups is 3. The van der Waals surface area contributed by atoms with E-state index in [4.69, 9.17) is 9.84 Å². The molecule has 2 amide bonds. The Hall–Kier alpha value is -1.75. The summed E-state index contributed by atoms with van der Waals surface area (Å²) >= 11 is 0. The Morgan fingerprint density at radius 1 is 0.569 bits per heavy atom. The Labute approximate surface area is 310 Å². The van der Waals surface area contributed by atoms with E-state index in [9.17, 15) is 29.7 Å². The minimum Gasteiger partial charge on any atom is -0.481 e. The topological polar surface area (TPSA) is 157 Å². The monoisotopic (exact) mass is 727 g/mol. The third-order valence-electron chi connectivity index (χ3n) is 10.4. The summed E-state index contributed by atoms with van der Waals surface area (Å²) in [4.78, 5) is 39.1. The van der Waals surface area contributed by atoms with Crippen molar-refractivity contribution in [1.82, 2.24) is 10.2 Å². The van der Waals surface area contributed by atoms with Crippen LogP contribution in [0, 0.1) is 0 Å². The largest absolute Gasteiger partial charge is 0.481 e. The minimum absolute atomic E-state index is 0.0761. The van der Waals surface area contributed by atoms with Gasteiger partial charge in [-0.05, 0) is 19.3 Å². The third kappa shape index (κ3) is 22.8. The number of aliphatic hydroxyl groups excluding tert-OH is 3. The molecule has 10 heteroatoms. The molecule has 0 spiro atoms. The first kappa shape index (κ1) is 47.3. The van der Waals surface area contributed by atoms with E-state index in [0.717, 1.165) is 51.4 Å². The second-order valence-corrected chi connectivity index (χ2v) is 15.0. The fourth-order valence-corrected chi connectivity index (χ4v) is 7.13. The molecule has 1 aliphatic heterocycles. The summed E-state index contributed by atoms with van der Waals surface area (Å²) in [5.74, 6) is -1.62. The first-order valence-corrected chi connectivity index (χ1v) is 21.2. The summed E-state index contributed by atoms with van der Waals surface area (Å²) < 4.78 is 6.07. The molecule has 5 atom stereocenters. The van der Waals surface area contributed by atoms with Crippen molar-refractivity contribution in [2.45, 2.75) is 231 Å². The van der Waals surface area contributed by atoms with E-state index in [2.05, 4.69) is 19.2 Å². The van der Waals surface area contributed by atoms with Gasteiger partial charge >= 0.3 is 5.97 Å². The molecule has 0 bridgehead atoms. The van der Waals surface area contributed by atoms with E-state index in [1.807, 2.05) is 0 Å². The Bertz CT molecular complexity index is 875. The fraction of sp³-hybridized carbons (Fsp3) is 0.927. The highest BCUT2D eigenvalue weighted by Gasteiger charge is 2.48. The normalized spacial score (nSPS) is 20.4. The van der Waals surface area contributed by atoms with Crippen molar-refractivity contribution >= 4 is 17.8 Å². The maximum absolute atomic E-state index is 13.8. The molecule has 0 aromatic carbocycles. The number of amides is 2. The second-order valence-electron chi connectivity index (χ2n) is 15.0. The molecule has 1 fully saturated rings. The lowest BCUT2D eigenvalue weighted by Gasteiger charge is -2.47. The van der Waals surface area contributed by atoms with Crippen LogP contribution in [0.4, 0.5) is 0 Å². The van der Waals surface area contributed by atoms with Crippen molar-refractivity contribution in [2.75, 3.05) is 13.2 Å². The van der Waals surface area contributed by atoms with E-state index < -0.39 is 49.1 Å².